The molecule has 0 unspecified atom stereocenters. The Bertz CT molecular complexity index is 1290. The van der Waals surface area contributed by atoms with Gasteiger partial charge in [-0.05, 0) is 60.0 Å². The van der Waals surface area contributed by atoms with E-state index >= 15 is 0 Å². The molecule has 3 aromatic rings. The number of hydrogen-bond donors (Lipinski definition) is 3. The van der Waals surface area contributed by atoms with Crippen LogP contribution in [0.5, 0.6) is 5.75 Å². The van der Waals surface area contributed by atoms with Crippen LogP contribution in [0.4, 0.5) is 4.79 Å². The Labute approximate surface area is 220 Å². The van der Waals surface area contributed by atoms with Gasteiger partial charge in [0.1, 0.15) is 10.6 Å². The van der Waals surface area contributed by atoms with Crippen molar-refractivity contribution in [3.05, 3.63) is 88.1 Å². The quantitative estimate of drug-likeness (QED) is 0.250. The summed E-state index contributed by atoms with van der Waals surface area (Å²) in [7, 11) is -3.00. The second-order valence-electron chi connectivity index (χ2n) is 7.56. The number of benzene rings is 2. The van der Waals surface area contributed by atoms with Crippen molar-refractivity contribution in [3.63, 3.8) is 0 Å². The Kier molecular flexibility index (Phi) is 9.97. The van der Waals surface area contributed by atoms with Gasteiger partial charge in [0.25, 0.3) is 10.0 Å². The number of hydrogen-bond acceptors (Lipinski definition) is 7. The summed E-state index contributed by atoms with van der Waals surface area (Å²) in [6.07, 6.45) is 4.13. The monoisotopic (exact) mass is 545 g/mol. The number of ether oxygens (including phenoxy) is 1. The number of nitrogens with one attached hydrogen (secondary N) is 2. The SMILES string of the molecule is CNC(=O)N(S)S(=O)(=O)c1cc(CCNC(=O)/C=C/c2cccs2)ccc1OCCc1ccccc1. The molecular weight excluding hydrogens is 518 g/mol. The third-order valence-corrected chi connectivity index (χ3v) is 8.21. The Morgan fingerprint density at radius 2 is 1.83 bits per heavy atom. The summed E-state index contributed by atoms with van der Waals surface area (Å²) in [5, 5.41) is 6.95. The van der Waals surface area contributed by atoms with Crippen molar-refractivity contribution in [1.82, 2.24) is 14.3 Å². The van der Waals surface area contributed by atoms with E-state index in [0.717, 1.165) is 10.4 Å². The van der Waals surface area contributed by atoms with Gasteiger partial charge in [-0.25, -0.2) is 4.79 Å². The molecule has 0 bridgehead atoms. The molecule has 8 nitrogen and oxygen atoms in total. The average Bonchev–Trinajstić information content (AvgIpc) is 3.41. The van der Waals surface area contributed by atoms with E-state index in [2.05, 4.69) is 23.4 Å². The molecule has 0 atom stereocenters. The van der Waals surface area contributed by atoms with Crippen molar-refractivity contribution < 1.29 is 22.7 Å². The molecule has 0 aliphatic carbocycles. The summed E-state index contributed by atoms with van der Waals surface area (Å²) in [4.78, 5) is 24.8. The molecule has 0 saturated carbocycles. The summed E-state index contributed by atoms with van der Waals surface area (Å²) < 4.78 is 32.4. The van der Waals surface area contributed by atoms with Crippen LogP contribution in [0.3, 0.4) is 0 Å². The first kappa shape index (κ1) is 27.3. The maximum atomic E-state index is 13.1. The predicted octanol–water partition coefficient (Wildman–Crippen LogP) is 3.92. The summed E-state index contributed by atoms with van der Waals surface area (Å²) in [6.45, 7) is 0.534. The van der Waals surface area contributed by atoms with E-state index < -0.39 is 16.1 Å². The van der Waals surface area contributed by atoms with Gasteiger partial charge >= 0.3 is 6.03 Å². The van der Waals surface area contributed by atoms with E-state index in [1.54, 1.807) is 18.2 Å². The fourth-order valence-electron chi connectivity index (χ4n) is 3.18. The number of rotatable bonds is 11. The van der Waals surface area contributed by atoms with Crippen molar-refractivity contribution in [1.29, 1.82) is 0 Å². The Hall–Kier alpha value is -3.28. The van der Waals surface area contributed by atoms with Gasteiger partial charge < -0.3 is 15.4 Å². The first-order valence-corrected chi connectivity index (χ1v) is 13.8. The Balaban J connectivity index is 1.72. The molecule has 190 valence electrons. The maximum absolute atomic E-state index is 13.1. The van der Waals surface area contributed by atoms with Crippen LogP contribution in [-0.4, -0.2) is 44.3 Å². The number of carbonyl (C=O) groups is 2. The minimum absolute atomic E-state index is 0.112. The summed E-state index contributed by atoms with van der Waals surface area (Å²) >= 11 is 5.41. The molecule has 2 aromatic carbocycles. The maximum Gasteiger partial charge on any atom is 0.341 e. The van der Waals surface area contributed by atoms with Crippen LogP contribution in [0.15, 0.2) is 77.0 Å². The number of urea groups is 1. The van der Waals surface area contributed by atoms with Crippen LogP contribution in [0.1, 0.15) is 16.0 Å². The number of amides is 3. The number of nitrogens with zero attached hydrogens (tertiary/aromatic N) is 1. The molecule has 36 heavy (non-hydrogen) atoms. The van der Waals surface area contributed by atoms with Crippen molar-refractivity contribution in [2.45, 2.75) is 17.7 Å². The van der Waals surface area contributed by atoms with Gasteiger partial charge in [0.15, 0.2) is 0 Å². The van der Waals surface area contributed by atoms with Crippen LogP contribution in [-0.2, 0) is 27.7 Å². The number of thiol groups is 1. The van der Waals surface area contributed by atoms with Crippen molar-refractivity contribution in [3.8, 4) is 5.75 Å². The van der Waals surface area contributed by atoms with Crippen LogP contribution in [0, 0.1) is 0 Å². The zero-order valence-electron chi connectivity index (χ0n) is 19.6. The third-order valence-electron chi connectivity index (χ3n) is 5.05. The summed E-state index contributed by atoms with van der Waals surface area (Å²) in [5.41, 5.74) is 1.69. The molecule has 2 N–H and O–H groups in total. The second kappa shape index (κ2) is 13.1. The molecular formula is C25H27N3O5S3. The molecule has 0 spiro atoms. The zero-order chi connectivity index (χ0) is 26.0. The first-order chi connectivity index (χ1) is 17.3. The second-order valence-corrected chi connectivity index (χ2v) is 11.0. The lowest BCUT2D eigenvalue weighted by molar-refractivity contribution is -0.116. The highest BCUT2D eigenvalue weighted by atomic mass is 32.3. The van der Waals surface area contributed by atoms with E-state index in [4.69, 9.17) is 4.74 Å². The highest BCUT2D eigenvalue weighted by Crippen LogP contribution is 2.29. The van der Waals surface area contributed by atoms with Crippen molar-refractivity contribution in [2.75, 3.05) is 20.2 Å². The lowest BCUT2D eigenvalue weighted by Crippen LogP contribution is -2.36. The van der Waals surface area contributed by atoms with Crippen LogP contribution in [0.25, 0.3) is 6.08 Å². The molecule has 11 heteroatoms. The fraction of sp³-hybridized carbons (Fsp3) is 0.200. The van der Waals surface area contributed by atoms with Crippen LogP contribution in [0.2, 0.25) is 0 Å². The summed E-state index contributed by atoms with van der Waals surface area (Å²) in [5.74, 6) is -0.140. The van der Waals surface area contributed by atoms with E-state index in [1.807, 2.05) is 47.8 Å². The normalized spacial score (nSPS) is 11.3. The molecule has 1 heterocycles. The predicted molar refractivity (Wildman–Crippen MR) is 145 cm³/mol. The molecule has 0 aliphatic heterocycles. The zero-order valence-corrected chi connectivity index (χ0v) is 22.1. The molecule has 0 aliphatic rings. The van der Waals surface area contributed by atoms with Crippen LogP contribution < -0.4 is 15.4 Å². The van der Waals surface area contributed by atoms with E-state index in [9.17, 15) is 18.0 Å². The largest absolute Gasteiger partial charge is 0.492 e. The van der Waals surface area contributed by atoms with E-state index in [1.165, 1.54) is 30.5 Å². The van der Waals surface area contributed by atoms with Gasteiger partial charge in [-0.1, -0.05) is 42.5 Å². The summed E-state index contributed by atoms with van der Waals surface area (Å²) in [6, 6.07) is 17.3. The van der Waals surface area contributed by atoms with Crippen molar-refractivity contribution >= 4 is 52.2 Å². The number of carbonyl (C=O) groups excluding carboxylic acids is 2. The van der Waals surface area contributed by atoms with E-state index in [-0.39, 0.29) is 23.2 Å². The van der Waals surface area contributed by atoms with Gasteiger partial charge in [-0.2, -0.15) is 12.1 Å². The van der Waals surface area contributed by atoms with Gasteiger partial charge in [-0.15, -0.1) is 11.3 Å². The van der Waals surface area contributed by atoms with E-state index in [0.29, 0.717) is 28.7 Å². The number of sulfonamides is 1. The molecule has 0 radical (unpaired) electrons. The smallest absolute Gasteiger partial charge is 0.341 e. The Morgan fingerprint density at radius 1 is 1.06 bits per heavy atom. The number of thiophene rings is 1. The van der Waals surface area contributed by atoms with Gasteiger partial charge in [0.2, 0.25) is 5.91 Å². The fourth-order valence-corrected chi connectivity index (χ4v) is 5.34. The molecule has 0 fully saturated rings. The van der Waals surface area contributed by atoms with Gasteiger partial charge in [0, 0.05) is 31.0 Å². The van der Waals surface area contributed by atoms with Gasteiger partial charge in [0.05, 0.1) is 6.61 Å². The van der Waals surface area contributed by atoms with Crippen molar-refractivity contribution in [2.24, 2.45) is 0 Å². The molecule has 3 rings (SSSR count). The van der Waals surface area contributed by atoms with Crippen LogP contribution >= 0.6 is 24.2 Å². The third kappa shape index (κ3) is 7.61. The lowest BCUT2D eigenvalue weighted by Gasteiger charge is -2.19. The standard InChI is InChI=1S/C25H27N3O5S3/c1-26-25(30)28(34)36(31,32)23-18-20(13-15-27-24(29)12-10-21-8-5-17-35-21)9-11-22(23)33-16-14-19-6-3-2-4-7-19/h2-12,17-18,34H,13-16H2,1H3,(H,26,30)(H,27,29)/b12-10+. The topological polar surface area (TPSA) is 105 Å². The first-order valence-electron chi connectivity index (χ1n) is 11.1. The lowest BCUT2D eigenvalue weighted by atomic mass is 10.1. The minimum Gasteiger partial charge on any atom is -0.492 e. The minimum atomic E-state index is -4.31. The molecule has 3 amide bonds. The highest BCUT2D eigenvalue weighted by Gasteiger charge is 2.30. The average molecular weight is 546 g/mol. The molecule has 0 saturated heterocycles. The van der Waals surface area contributed by atoms with Gasteiger partial charge in [-0.3, -0.25) is 4.79 Å². The Morgan fingerprint density at radius 3 is 2.53 bits per heavy atom. The highest BCUT2D eigenvalue weighted by molar-refractivity contribution is 8.00. The molecule has 1 aromatic heterocycles.